The van der Waals surface area contributed by atoms with E-state index >= 15 is 0 Å². The largest absolute Gasteiger partial charge is 0.352 e. The van der Waals surface area contributed by atoms with E-state index in [-0.39, 0.29) is 23.6 Å². The van der Waals surface area contributed by atoms with E-state index < -0.39 is 6.04 Å². The summed E-state index contributed by atoms with van der Waals surface area (Å²) in [7, 11) is 0. The summed E-state index contributed by atoms with van der Waals surface area (Å²) in [5.74, 6) is -0.525. The summed E-state index contributed by atoms with van der Waals surface area (Å²) in [4.78, 5) is 24.5. The zero-order chi connectivity index (χ0) is 15.4. The summed E-state index contributed by atoms with van der Waals surface area (Å²) in [6, 6.07) is 9.26. The molecule has 1 aliphatic carbocycles. The van der Waals surface area contributed by atoms with Gasteiger partial charge in [-0.25, -0.2) is 0 Å². The molecule has 0 saturated heterocycles. The molecule has 7 heteroatoms. The predicted molar refractivity (Wildman–Crippen MR) is 82.5 cm³/mol. The number of nitrogens with one attached hydrogen (secondary N) is 2. The van der Waals surface area contributed by atoms with Gasteiger partial charge >= 0.3 is 0 Å². The fourth-order valence-corrected chi connectivity index (χ4v) is 2.52. The highest BCUT2D eigenvalue weighted by molar-refractivity contribution is 7.03. The summed E-state index contributed by atoms with van der Waals surface area (Å²) >= 11 is 1.11. The first-order valence-electron chi connectivity index (χ1n) is 7.14. The van der Waals surface area contributed by atoms with Crippen molar-refractivity contribution < 1.29 is 9.59 Å². The minimum absolute atomic E-state index is 0.150. The predicted octanol–water partition coefficient (Wildman–Crippen LogP) is 1.16. The lowest BCUT2D eigenvalue weighted by molar-refractivity contribution is -0.123. The summed E-state index contributed by atoms with van der Waals surface area (Å²) in [5, 5.41) is 11.0. The minimum atomic E-state index is -0.614. The van der Waals surface area contributed by atoms with E-state index in [1.54, 1.807) is 5.38 Å². The van der Waals surface area contributed by atoms with Crippen LogP contribution in [-0.2, 0) is 11.2 Å². The number of amides is 2. The summed E-state index contributed by atoms with van der Waals surface area (Å²) in [5.41, 5.74) is 1.23. The third-order valence-corrected chi connectivity index (χ3v) is 3.93. The monoisotopic (exact) mass is 316 g/mol. The maximum absolute atomic E-state index is 12.3. The van der Waals surface area contributed by atoms with Gasteiger partial charge in [-0.1, -0.05) is 34.8 Å². The van der Waals surface area contributed by atoms with Crippen LogP contribution >= 0.6 is 11.5 Å². The van der Waals surface area contributed by atoms with Crippen LogP contribution in [0.3, 0.4) is 0 Å². The van der Waals surface area contributed by atoms with Gasteiger partial charge in [-0.2, -0.15) is 0 Å². The second-order valence-corrected chi connectivity index (χ2v) is 5.90. The van der Waals surface area contributed by atoms with Crippen LogP contribution in [0.5, 0.6) is 0 Å². The lowest BCUT2D eigenvalue weighted by Gasteiger charge is -2.18. The zero-order valence-electron chi connectivity index (χ0n) is 11.9. The van der Waals surface area contributed by atoms with Crippen LogP contribution in [-0.4, -0.2) is 33.5 Å². The standard InChI is InChI=1S/C15H16N4O2S/c20-14(16-11-6-7-11)12(8-10-4-2-1-3-5-10)17-15(21)13-9-22-19-18-13/h1-5,9,11-12H,6-8H2,(H,16,20)(H,17,21)/t12-/m1/s1. The fourth-order valence-electron chi connectivity index (χ4n) is 2.08. The summed E-state index contributed by atoms with van der Waals surface area (Å²) < 4.78 is 3.67. The minimum Gasteiger partial charge on any atom is -0.352 e. The molecule has 3 rings (SSSR count). The quantitative estimate of drug-likeness (QED) is 0.837. The Labute approximate surface area is 132 Å². The van der Waals surface area contributed by atoms with Gasteiger partial charge in [0, 0.05) is 17.8 Å². The Kier molecular flexibility index (Phi) is 4.43. The van der Waals surface area contributed by atoms with Gasteiger partial charge < -0.3 is 10.6 Å². The molecule has 0 spiro atoms. The van der Waals surface area contributed by atoms with Crippen molar-refractivity contribution in [3.05, 3.63) is 47.0 Å². The Bertz CT molecular complexity index is 641. The van der Waals surface area contributed by atoms with Crippen molar-refractivity contribution in [2.45, 2.75) is 31.3 Å². The van der Waals surface area contributed by atoms with Crippen molar-refractivity contribution in [1.29, 1.82) is 0 Å². The van der Waals surface area contributed by atoms with Gasteiger partial charge in [-0.15, -0.1) is 5.10 Å². The molecule has 1 atom stereocenters. The SMILES string of the molecule is O=C(N[C@H](Cc1ccccc1)C(=O)NC1CC1)c1csnn1. The smallest absolute Gasteiger partial charge is 0.273 e. The van der Waals surface area contributed by atoms with E-state index in [0.29, 0.717) is 6.42 Å². The number of hydrogen-bond donors (Lipinski definition) is 2. The molecule has 1 aromatic heterocycles. The fraction of sp³-hybridized carbons (Fsp3) is 0.333. The molecule has 1 aromatic carbocycles. The van der Waals surface area contributed by atoms with Crippen LogP contribution in [0.4, 0.5) is 0 Å². The number of benzene rings is 1. The Hall–Kier alpha value is -2.28. The van der Waals surface area contributed by atoms with E-state index in [9.17, 15) is 9.59 Å². The number of aromatic nitrogens is 2. The molecule has 0 unspecified atom stereocenters. The number of carbonyl (C=O) groups is 2. The molecular weight excluding hydrogens is 300 g/mol. The highest BCUT2D eigenvalue weighted by Crippen LogP contribution is 2.19. The van der Waals surface area contributed by atoms with Crippen molar-refractivity contribution in [3.8, 4) is 0 Å². The van der Waals surface area contributed by atoms with Crippen LogP contribution in [0, 0.1) is 0 Å². The number of carbonyl (C=O) groups excluding carboxylic acids is 2. The van der Waals surface area contributed by atoms with Gasteiger partial charge in [0.25, 0.3) is 5.91 Å². The Morgan fingerprint density at radius 1 is 1.27 bits per heavy atom. The molecule has 2 N–H and O–H groups in total. The third kappa shape index (κ3) is 3.88. The molecular formula is C15H16N4O2S. The summed E-state index contributed by atoms with van der Waals surface area (Å²) in [6.45, 7) is 0. The average molecular weight is 316 g/mol. The van der Waals surface area contributed by atoms with Crippen molar-refractivity contribution in [2.24, 2.45) is 0 Å². The van der Waals surface area contributed by atoms with Crippen molar-refractivity contribution in [3.63, 3.8) is 0 Å². The van der Waals surface area contributed by atoms with Crippen LogP contribution < -0.4 is 10.6 Å². The van der Waals surface area contributed by atoms with E-state index in [1.165, 1.54) is 0 Å². The van der Waals surface area contributed by atoms with Crippen molar-refractivity contribution >= 4 is 23.3 Å². The first-order chi connectivity index (χ1) is 10.7. The van der Waals surface area contributed by atoms with E-state index in [4.69, 9.17) is 0 Å². The molecule has 0 bridgehead atoms. The second kappa shape index (κ2) is 6.65. The van der Waals surface area contributed by atoms with Crippen molar-refractivity contribution in [1.82, 2.24) is 20.2 Å². The van der Waals surface area contributed by atoms with Crippen LogP contribution in [0.25, 0.3) is 0 Å². The topological polar surface area (TPSA) is 84.0 Å². The Morgan fingerprint density at radius 2 is 2.05 bits per heavy atom. The third-order valence-electron chi connectivity index (χ3n) is 3.42. The average Bonchev–Trinajstić information content (AvgIpc) is 3.17. The molecule has 1 aliphatic rings. The van der Waals surface area contributed by atoms with Gasteiger partial charge in [0.1, 0.15) is 6.04 Å². The van der Waals surface area contributed by atoms with E-state index in [2.05, 4.69) is 20.2 Å². The first-order valence-corrected chi connectivity index (χ1v) is 7.98. The van der Waals surface area contributed by atoms with E-state index in [1.807, 2.05) is 30.3 Å². The van der Waals surface area contributed by atoms with Crippen LogP contribution in [0.1, 0.15) is 28.9 Å². The molecule has 6 nitrogen and oxygen atoms in total. The molecule has 2 amide bonds. The zero-order valence-corrected chi connectivity index (χ0v) is 12.7. The van der Waals surface area contributed by atoms with Crippen molar-refractivity contribution in [2.75, 3.05) is 0 Å². The molecule has 114 valence electrons. The van der Waals surface area contributed by atoms with Crippen LogP contribution in [0.2, 0.25) is 0 Å². The van der Waals surface area contributed by atoms with E-state index in [0.717, 1.165) is 29.9 Å². The maximum Gasteiger partial charge on any atom is 0.273 e. The molecule has 0 aliphatic heterocycles. The van der Waals surface area contributed by atoms with Gasteiger partial charge in [0.05, 0.1) is 0 Å². The first kappa shape index (κ1) is 14.6. The Balaban J connectivity index is 1.70. The number of nitrogens with zero attached hydrogens (tertiary/aromatic N) is 2. The molecule has 0 radical (unpaired) electrons. The second-order valence-electron chi connectivity index (χ2n) is 5.29. The number of rotatable bonds is 6. The Morgan fingerprint density at radius 3 is 2.68 bits per heavy atom. The molecule has 1 fully saturated rings. The highest BCUT2D eigenvalue weighted by atomic mass is 32.1. The van der Waals surface area contributed by atoms with Gasteiger partial charge in [-0.05, 0) is 29.9 Å². The van der Waals surface area contributed by atoms with Gasteiger partial charge in [0.15, 0.2) is 5.69 Å². The normalized spacial score (nSPS) is 15.1. The lowest BCUT2D eigenvalue weighted by atomic mass is 10.1. The lowest BCUT2D eigenvalue weighted by Crippen LogP contribution is -2.48. The summed E-state index contributed by atoms with van der Waals surface area (Å²) in [6.07, 6.45) is 2.46. The van der Waals surface area contributed by atoms with Gasteiger partial charge in [0.2, 0.25) is 5.91 Å². The molecule has 22 heavy (non-hydrogen) atoms. The highest BCUT2D eigenvalue weighted by Gasteiger charge is 2.29. The maximum atomic E-state index is 12.3. The van der Waals surface area contributed by atoms with Gasteiger partial charge in [-0.3, -0.25) is 9.59 Å². The number of hydrogen-bond acceptors (Lipinski definition) is 5. The molecule has 1 heterocycles. The molecule has 1 saturated carbocycles. The molecule has 2 aromatic rings. The van der Waals surface area contributed by atoms with Crippen LogP contribution in [0.15, 0.2) is 35.7 Å².